The average molecular weight is 657 g/mol. The highest BCUT2D eigenvalue weighted by Gasteiger charge is 2.56. The van der Waals surface area contributed by atoms with Gasteiger partial charge in [0.1, 0.15) is 18.1 Å². The lowest BCUT2D eigenvalue weighted by atomic mass is 9.59. The lowest BCUT2D eigenvalue weighted by molar-refractivity contribution is -0.123. The summed E-state index contributed by atoms with van der Waals surface area (Å²) in [6.45, 7) is 4.78. The van der Waals surface area contributed by atoms with Crippen LogP contribution < -0.4 is 14.5 Å². The first kappa shape index (κ1) is 31.0. The first-order valence-electron chi connectivity index (χ1n) is 16.8. The minimum Gasteiger partial charge on any atom is -0.507 e. The van der Waals surface area contributed by atoms with E-state index in [2.05, 4.69) is 4.90 Å². The molecule has 2 fully saturated rings. The van der Waals surface area contributed by atoms with Gasteiger partial charge in [-0.2, -0.15) is 0 Å². The molecule has 248 valence electrons. The Morgan fingerprint density at radius 1 is 0.878 bits per heavy atom. The van der Waals surface area contributed by atoms with Crippen molar-refractivity contribution in [2.24, 2.45) is 17.8 Å². The number of fused-ring (bicyclic) bond motifs is 3. The number of hydrogen-bond acceptors (Lipinski definition) is 8. The van der Waals surface area contributed by atoms with Crippen molar-refractivity contribution in [3.63, 3.8) is 0 Å². The lowest BCUT2D eigenvalue weighted by Gasteiger charge is -2.42. The monoisotopic (exact) mass is 656 g/mol. The van der Waals surface area contributed by atoms with Crippen LogP contribution in [-0.4, -0.2) is 54.8 Å². The number of benzene rings is 3. The second kappa shape index (κ2) is 12.3. The van der Waals surface area contributed by atoms with Gasteiger partial charge >= 0.3 is 0 Å². The molecule has 0 aromatic heterocycles. The van der Waals surface area contributed by atoms with Gasteiger partial charge < -0.3 is 19.5 Å². The van der Waals surface area contributed by atoms with Crippen molar-refractivity contribution in [2.45, 2.75) is 32.3 Å². The van der Waals surface area contributed by atoms with Crippen LogP contribution in [0.25, 0.3) is 0 Å². The largest absolute Gasteiger partial charge is 0.507 e. The maximum atomic E-state index is 14.3. The average Bonchev–Trinajstić information content (AvgIpc) is 3.39. The normalized spacial score (nSPS) is 25.1. The first-order valence-corrected chi connectivity index (χ1v) is 16.8. The summed E-state index contributed by atoms with van der Waals surface area (Å²) >= 11 is 0. The number of morpholine rings is 1. The number of allylic oxidation sites excluding steroid dienone is 6. The molecule has 3 aliphatic carbocycles. The van der Waals surface area contributed by atoms with Crippen molar-refractivity contribution in [1.82, 2.24) is 0 Å². The van der Waals surface area contributed by atoms with Crippen LogP contribution in [0.4, 0.5) is 11.4 Å². The molecule has 49 heavy (non-hydrogen) atoms. The SMILES string of the molecule is CC1=CC(=O)C2=C(CC3C(=CCC4C(=O)N(c5ccc(N6CCOCC6)cc5)C(=O)C43)C2c2ccc(OCc3ccccc3)cc2O)C1=O. The van der Waals surface area contributed by atoms with E-state index in [0.717, 1.165) is 29.9 Å². The molecule has 2 saturated heterocycles. The summed E-state index contributed by atoms with van der Waals surface area (Å²) in [5, 5.41) is 11.4. The first-order chi connectivity index (χ1) is 23.8. The maximum absolute atomic E-state index is 14.3. The number of nitrogens with zero attached hydrogens (tertiary/aromatic N) is 2. The van der Waals surface area contributed by atoms with Crippen molar-refractivity contribution < 1.29 is 33.8 Å². The van der Waals surface area contributed by atoms with Crippen LogP contribution in [0.1, 0.15) is 36.8 Å². The molecule has 4 atom stereocenters. The number of aromatic hydroxyl groups is 1. The number of phenolic OH excluding ortho intramolecular Hbond substituents is 1. The van der Waals surface area contributed by atoms with Crippen molar-refractivity contribution >= 4 is 34.8 Å². The molecule has 3 aromatic rings. The number of hydrogen-bond donors (Lipinski definition) is 1. The van der Waals surface area contributed by atoms with Crippen LogP contribution in [0, 0.1) is 17.8 Å². The molecule has 0 spiro atoms. The standard InChI is InChI=1S/C40H36N2O7/c1-23-19-34(44)37-32(38(23)45)21-31-28(35(37)29-12-11-27(20-33(29)43)49-22-24-5-3-2-4-6-24)13-14-30-36(31)40(47)42(39(30)46)26-9-7-25(8-10-26)41-15-17-48-18-16-41/h2-13,19-20,30-31,35-36,43H,14-18,21-22H2,1H3. The summed E-state index contributed by atoms with van der Waals surface area (Å²) in [7, 11) is 0. The summed E-state index contributed by atoms with van der Waals surface area (Å²) in [5.74, 6) is -3.23. The fraction of sp³-hybridized carbons (Fsp3) is 0.300. The van der Waals surface area contributed by atoms with E-state index in [1.54, 1.807) is 19.1 Å². The van der Waals surface area contributed by atoms with Crippen molar-refractivity contribution in [3.8, 4) is 11.5 Å². The van der Waals surface area contributed by atoms with E-state index < -0.39 is 23.7 Å². The number of phenols is 1. The molecule has 0 bridgehead atoms. The van der Waals surface area contributed by atoms with E-state index in [9.17, 15) is 24.3 Å². The van der Waals surface area contributed by atoms with Gasteiger partial charge in [-0.25, -0.2) is 0 Å². The van der Waals surface area contributed by atoms with E-state index >= 15 is 0 Å². The number of ketones is 2. The van der Waals surface area contributed by atoms with Crippen LogP contribution in [0.5, 0.6) is 11.5 Å². The molecule has 2 heterocycles. The molecule has 9 nitrogen and oxygen atoms in total. The van der Waals surface area contributed by atoms with Gasteiger partial charge in [-0.15, -0.1) is 0 Å². The summed E-state index contributed by atoms with van der Waals surface area (Å²) in [6, 6.07) is 22.2. The van der Waals surface area contributed by atoms with Crippen LogP contribution >= 0.6 is 0 Å². The van der Waals surface area contributed by atoms with Gasteiger partial charge in [0, 0.05) is 53.0 Å². The molecule has 9 heteroatoms. The number of imide groups is 1. The van der Waals surface area contributed by atoms with Gasteiger partial charge in [0.05, 0.1) is 30.7 Å². The molecule has 5 aliphatic rings. The summed E-state index contributed by atoms with van der Waals surface area (Å²) in [4.78, 5) is 59.0. The highest BCUT2D eigenvalue weighted by molar-refractivity contribution is 6.25. The molecule has 3 aromatic carbocycles. The van der Waals surface area contributed by atoms with E-state index in [1.807, 2.05) is 60.7 Å². The van der Waals surface area contributed by atoms with Gasteiger partial charge in [-0.05, 0) is 67.7 Å². The smallest absolute Gasteiger partial charge is 0.238 e. The van der Waals surface area contributed by atoms with E-state index in [-0.39, 0.29) is 35.6 Å². The topological polar surface area (TPSA) is 113 Å². The predicted octanol–water partition coefficient (Wildman–Crippen LogP) is 5.44. The van der Waals surface area contributed by atoms with Crippen LogP contribution in [0.3, 0.4) is 0 Å². The van der Waals surface area contributed by atoms with E-state index in [0.29, 0.717) is 60.0 Å². The third kappa shape index (κ3) is 5.29. The fourth-order valence-electron chi connectivity index (χ4n) is 8.22. The summed E-state index contributed by atoms with van der Waals surface area (Å²) in [5.41, 5.74) is 4.76. The van der Waals surface area contributed by atoms with Gasteiger partial charge in [-0.1, -0.05) is 48.0 Å². The Morgan fingerprint density at radius 2 is 1.61 bits per heavy atom. The van der Waals surface area contributed by atoms with Gasteiger partial charge in [0.2, 0.25) is 11.8 Å². The van der Waals surface area contributed by atoms with Crippen molar-refractivity contribution in [1.29, 1.82) is 0 Å². The Bertz CT molecular complexity index is 1970. The van der Waals surface area contributed by atoms with Gasteiger partial charge in [0.25, 0.3) is 0 Å². The molecule has 2 aliphatic heterocycles. The quantitative estimate of drug-likeness (QED) is 0.212. The number of anilines is 2. The number of Topliss-reactive ketones (excluding diaryl/α,β-unsaturated/α-hetero) is 1. The number of ether oxygens (including phenoxy) is 2. The molecule has 4 unspecified atom stereocenters. The minimum absolute atomic E-state index is 0.0755. The molecule has 0 radical (unpaired) electrons. The van der Waals surface area contributed by atoms with Gasteiger partial charge in [0.15, 0.2) is 11.6 Å². The Hall–Kier alpha value is -5.28. The highest BCUT2D eigenvalue weighted by Crippen LogP contribution is 2.56. The van der Waals surface area contributed by atoms with Crippen LogP contribution in [0.2, 0.25) is 0 Å². The Morgan fingerprint density at radius 3 is 2.35 bits per heavy atom. The zero-order chi connectivity index (χ0) is 33.8. The Balaban J connectivity index is 1.13. The molecule has 8 rings (SSSR count). The number of amides is 2. The minimum atomic E-state index is -0.747. The zero-order valence-electron chi connectivity index (χ0n) is 27.1. The number of rotatable bonds is 6. The molecule has 2 amide bonds. The lowest BCUT2D eigenvalue weighted by Crippen LogP contribution is -2.39. The molecule has 1 N–H and O–H groups in total. The summed E-state index contributed by atoms with van der Waals surface area (Å²) < 4.78 is 11.4. The molecular weight excluding hydrogens is 620 g/mol. The zero-order valence-corrected chi connectivity index (χ0v) is 27.1. The molecule has 0 saturated carbocycles. The van der Waals surface area contributed by atoms with Gasteiger partial charge in [-0.3, -0.25) is 24.1 Å². The number of carbonyl (C=O) groups excluding carboxylic acids is 4. The highest BCUT2D eigenvalue weighted by atomic mass is 16.5. The second-order valence-electron chi connectivity index (χ2n) is 13.4. The van der Waals surface area contributed by atoms with Crippen LogP contribution in [-0.2, 0) is 30.5 Å². The van der Waals surface area contributed by atoms with Crippen molar-refractivity contribution in [2.75, 3.05) is 36.1 Å². The van der Waals surface area contributed by atoms with E-state index in [1.165, 1.54) is 17.0 Å². The summed E-state index contributed by atoms with van der Waals surface area (Å²) in [6.07, 6.45) is 3.81. The molecular formula is C40H36N2O7. The Labute approximate surface area is 284 Å². The third-order valence-electron chi connectivity index (χ3n) is 10.6. The van der Waals surface area contributed by atoms with Crippen LogP contribution in [0.15, 0.2) is 107 Å². The second-order valence-corrected chi connectivity index (χ2v) is 13.4. The van der Waals surface area contributed by atoms with E-state index in [4.69, 9.17) is 9.47 Å². The number of carbonyl (C=O) groups is 4. The maximum Gasteiger partial charge on any atom is 0.238 e. The Kier molecular flexibility index (Phi) is 7.79. The third-order valence-corrected chi connectivity index (χ3v) is 10.6. The fourth-order valence-corrected chi connectivity index (χ4v) is 8.22. The van der Waals surface area contributed by atoms with Crippen molar-refractivity contribution in [3.05, 3.63) is 118 Å². The predicted molar refractivity (Wildman–Crippen MR) is 182 cm³/mol.